The van der Waals surface area contributed by atoms with Gasteiger partial charge in [-0.2, -0.15) is 5.10 Å². The van der Waals surface area contributed by atoms with Crippen LogP contribution in [0.25, 0.3) is 11.3 Å². The van der Waals surface area contributed by atoms with Crippen molar-refractivity contribution in [2.75, 3.05) is 5.43 Å². The van der Waals surface area contributed by atoms with E-state index in [-0.39, 0.29) is 18.2 Å². The molecular weight excluding hydrogens is 385 g/mol. The average molecular weight is 403 g/mol. The van der Waals surface area contributed by atoms with Crippen molar-refractivity contribution in [2.24, 2.45) is 5.10 Å². The number of rotatable bonds is 7. The van der Waals surface area contributed by atoms with E-state index in [4.69, 9.17) is 4.74 Å². The molecule has 144 valence electrons. The van der Waals surface area contributed by atoms with Gasteiger partial charge in [0.05, 0.1) is 11.9 Å². The lowest BCUT2D eigenvalue weighted by Crippen LogP contribution is -2.01. The molecular formula is C23H18FN3OS. The molecule has 0 unspecified atom stereocenters. The van der Waals surface area contributed by atoms with Gasteiger partial charge in [0.25, 0.3) is 0 Å². The van der Waals surface area contributed by atoms with E-state index in [2.05, 4.69) is 15.5 Å². The number of nitrogens with one attached hydrogen (secondary N) is 1. The lowest BCUT2D eigenvalue weighted by atomic mass is 10.1. The Labute approximate surface area is 172 Å². The van der Waals surface area contributed by atoms with Crippen LogP contribution in [0.2, 0.25) is 0 Å². The number of benzene rings is 3. The molecule has 1 heterocycles. The van der Waals surface area contributed by atoms with Gasteiger partial charge in [-0.05, 0) is 17.7 Å². The van der Waals surface area contributed by atoms with Crippen LogP contribution in [-0.2, 0) is 6.61 Å². The zero-order valence-electron chi connectivity index (χ0n) is 15.5. The number of nitrogens with zero attached hydrogens (tertiary/aromatic N) is 2. The first-order valence-electron chi connectivity index (χ1n) is 9.05. The van der Waals surface area contributed by atoms with Crippen molar-refractivity contribution in [3.05, 3.63) is 101 Å². The highest BCUT2D eigenvalue weighted by atomic mass is 32.1. The molecule has 0 amide bonds. The van der Waals surface area contributed by atoms with Crippen LogP contribution in [0.1, 0.15) is 11.1 Å². The smallest absolute Gasteiger partial charge is 0.203 e. The van der Waals surface area contributed by atoms with Crippen molar-refractivity contribution in [3.63, 3.8) is 0 Å². The Bertz CT molecular complexity index is 1110. The molecule has 0 saturated heterocycles. The minimum Gasteiger partial charge on any atom is -0.486 e. The molecule has 6 heteroatoms. The summed E-state index contributed by atoms with van der Waals surface area (Å²) in [5, 5.41) is 6.99. The molecule has 0 aliphatic carbocycles. The Morgan fingerprint density at radius 3 is 2.59 bits per heavy atom. The van der Waals surface area contributed by atoms with Crippen LogP contribution in [0.3, 0.4) is 0 Å². The minimum atomic E-state index is -0.377. The van der Waals surface area contributed by atoms with Gasteiger partial charge in [0, 0.05) is 16.5 Å². The van der Waals surface area contributed by atoms with Crippen molar-refractivity contribution in [1.82, 2.24) is 4.98 Å². The first-order chi connectivity index (χ1) is 14.3. The quantitative estimate of drug-likeness (QED) is 0.305. The molecule has 0 aliphatic heterocycles. The van der Waals surface area contributed by atoms with E-state index in [0.717, 1.165) is 22.4 Å². The number of hydrogen-bond acceptors (Lipinski definition) is 5. The Morgan fingerprint density at radius 2 is 1.72 bits per heavy atom. The monoisotopic (exact) mass is 403 g/mol. The molecule has 0 radical (unpaired) electrons. The molecule has 0 saturated carbocycles. The van der Waals surface area contributed by atoms with Crippen LogP contribution in [0.4, 0.5) is 9.52 Å². The van der Waals surface area contributed by atoms with Gasteiger partial charge in [-0.3, -0.25) is 5.43 Å². The van der Waals surface area contributed by atoms with Gasteiger partial charge in [-0.1, -0.05) is 66.7 Å². The van der Waals surface area contributed by atoms with Crippen molar-refractivity contribution < 1.29 is 9.13 Å². The fourth-order valence-corrected chi connectivity index (χ4v) is 3.40. The highest BCUT2D eigenvalue weighted by Crippen LogP contribution is 2.24. The van der Waals surface area contributed by atoms with Gasteiger partial charge >= 0.3 is 0 Å². The number of thiazole rings is 1. The molecule has 29 heavy (non-hydrogen) atoms. The number of hydrazone groups is 1. The topological polar surface area (TPSA) is 46.5 Å². The second-order valence-corrected chi connectivity index (χ2v) is 7.05. The third kappa shape index (κ3) is 4.86. The highest BCUT2D eigenvalue weighted by Gasteiger charge is 2.05. The standard InChI is InChI=1S/C23H18FN3OS/c24-20-12-6-7-13-22(20)28-15-19-11-5-4-10-18(19)14-25-27-23-26-21(16-29-23)17-8-2-1-3-9-17/h1-14,16H,15H2,(H,26,27). The van der Waals surface area contributed by atoms with Gasteiger partial charge in [-0.25, -0.2) is 9.37 Å². The third-order valence-electron chi connectivity index (χ3n) is 4.21. The fraction of sp³-hybridized carbons (Fsp3) is 0.0435. The minimum absolute atomic E-state index is 0.230. The second-order valence-electron chi connectivity index (χ2n) is 6.19. The Morgan fingerprint density at radius 1 is 0.966 bits per heavy atom. The summed E-state index contributed by atoms with van der Waals surface area (Å²) in [7, 11) is 0. The molecule has 0 fully saturated rings. The zero-order valence-corrected chi connectivity index (χ0v) is 16.3. The highest BCUT2D eigenvalue weighted by molar-refractivity contribution is 7.14. The van der Waals surface area contributed by atoms with Crippen LogP contribution in [0.15, 0.2) is 89.3 Å². The van der Waals surface area contributed by atoms with Crippen LogP contribution < -0.4 is 10.2 Å². The van der Waals surface area contributed by atoms with Gasteiger partial charge in [0.2, 0.25) is 5.13 Å². The Kier molecular flexibility index (Phi) is 5.92. The number of hydrogen-bond donors (Lipinski definition) is 1. The van der Waals surface area contributed by atoms with E-state index in [1.165, 1.54) is 17.4 Å². The summed E-state index contributed by atoms with van der Waals surface area (Å²) in [6, 6.07) is 24.1. The van der Waals surface area contributed by atoms with E-state index in [9.17, 15) is 4.39 Å². The summed E-state index contributed by atoms with van der Waals surface area (Å²) < 4.78 is 19.4. The fourth-order valence-electron chi connectivity index (χ4n) is 2.73. The molecule has 0 spiro atoms. The van der Waals surface area contributed by atoms with E-state index in [0.29, 0.717) is 5.13 Å². The van der Waals surface area contributed by atoms with E-state index < -0.39 is 0 Å². The van der Waals surface area contributed by atoms with Gasteiger partial charge < -0.3 is 4.74 Å². The van der Waals surface area contributed by atoms with Gasteiger partial charge in [0.1, 0.15) is 6.61 Å². The predicted octanol–water partition coefficient (Wildman–Crippen LogP) is 5.97. The summed E-state index contributed by atoms with van der Waals surface area (Å²) in [5.41, 5.74) is 6.74. The summed E-state index contributed by atoms with van der Waals surface area (Å²) in [6.07, 6.45) is 1.71. The molecule has 4 rings (SSSR count). The summed E-state index contributed by atoms with van der Waals surface area (Å²) in [4.78, 5) is 4.55. The average Bonchev–Trinajstić information content (AvgIpc) is 3.24. The van der Waals surface area contributed by atoms with E-state index in [1.807, 2.05) is 60.0 Å². The first kappa shape index (κ1) is 18.8. The normalized spacial score (nSPS) is 10.9. The summed E-state index contributed by atoms with van der Waals surface area (Å²) in [6.45, 7) is 0.249. The van der Waals surface area contributed by atoms with Gasteiger partial charge in [-0.15, -0.1) is 11.3 Å². The number of ether oxygens (including phenoxy) is 1. The van der Waals surface area contributed by atoms with Crippen LogP contribution in [-0.4, -0.2) is 11.2 Å². The Hall–Kier alpha value is -3.51. The van der Waals surface area contributed by atoms with Crippen molar-refractivity contribution in [2.45, 2.75) is 6.61 Å². The zero-order chi connectivity index (χ0) is 19.9. The van der Waals surface area contributed by atoms with Crippen LogP contribution in [0, 0.1) is 5.82 Å². The molecule has 1 aromatic heterocycles. The van der Waals surface area contributed by atoms with E-state index >= 15 is 0 Å². The van der Waals surface area contributed by atoms with Crippen LogP contribution in [0.5, 0.6) is 5.75 Å². The lowest BCUT2D eigenvalue weighted by Gasteiger charge is -2.09. The first-order valence-corrected chi connectivity index (χ1v) is 9.93. The summed E-state index contributed by atoms with van der Waals surface area (Å²) >= 11 is 1.49. The number of halogens is 1. The van der Waals surface area contributed by atoms with E-state index in [1.54, 1.807) is 24.4 Å². The number of anilines is 1. The maximum absolute atomic E-state index is 13.7. The molecule has 0 atom stereocenters. The van der Waals surface area contributed by atoms with Crippen molar-refractivity contribution in [1.29, 1.82) is 0 Å². The predicted molar refractivity (Wildman–Crippen MR) is 116 cm³/mol. The van der Waals surface area contributed by atoms with Crippen molar-refractivity contribution >= 4 is 22.7 Å². The maximum atomic E-state index is 13.7. The SMILES string of the molecule is Fc1ccccc1OCc1ccccc1C=NNc1nc(-c2ccccc2)cs1. The molecule has 3 aromatic carbocycles. The Balaban J connectivity index is 1.41. The third-order valence-corrected chi connectivity index (χ3v) is 4.96. The van der Waals surface area contributed by atoms with Gasteiger partial charge in [0.15, 0.2) is 11.6 Å². The number of aromatic nitrogens is 1. The lowest BCUT2D eigenvalue weighted by molar-refractivity contribution is 0.290. The number of para-hydroxylation sites is 1. The molecule has 4 aromatic rings. The molecule has 0 bridgehead atoms. The largest absolute Gasteiger partial charge is 0.486 e. The molecule has 1 N–H and O–H groups in total. The maximum Gasteiger partial charge on any atom is 0.203 e. The summed E-state index contributed by atoms with van der Waals surface area (Å²) in [5.74, 6) is -0.146. The molecule has 0 aliphatic rings. The second kappa shape index (κ2) is 9.12. The molecule has 4 nitrogen and oxygen atoms in total. The van der Waals surface area contributed by atoms with Crippen LogP contribution >= 0.6 is 11.3 Å². The van der Waals surface area contributed by atoms with Crippen molar-refractivity contribution in [3.8, 4) is 17.0 Å².